The van der Waals surface area contributed by atoms with Crippen LogP contribution in [0.3, 0.4) is 0 Å². The van der Waals surface area contributed by atoms with E-state index >= 15 is 0 Å². The Bertz CT molecular complexity index is 1050. The van der Waals surface area contributed by atoms with Gasteiger partial charge in [-0.25, -0.2) is 4.98 Å². The molecule has 2 aromatic carbocycles. The molecule has 33 heavy (non-hydrogen) atoms. The van der Waals surface area contributed by atoms with Gasteiger partial charge in [0.1, 0.15) is 17.2 Å². The Morgan fingerprint density at radius 1 is 1.06 bits per heavy atom. The predicted molar refractivity (Wildman–Crippen MR) is 129 cm³/mol. The summed E-state index contributed by atoms with van der Waals surface area (Å²) in [6.07, 6.45) is 0.841. The second kappa shape index (κ2) is 11.3. The standard InChI is InChI=1S/C24H29N3O5S/c1-29-18-4-6-19(7-5-18)32-17-23(28)27(11-3-10-26-12-14-31-15-13-26)24-25-21-16-20(30-2)8-9-22(21)33-24/h4-9,16H,3,10-15,17H2,1-2H3. The van der Waals surface area contributed by atoms with E-state index < -0.39 is 0 Å². The fourth-order valence-electron chi connectivity index (χ4n) is 3.64. The van der Waals surface area contributed by atoms with Gasteiger partial charge in [-0.2, -0.15) is 0 Å². The molecule has 0 aliphatic carbocycles. The molecule has 0 bridgehead atoms. The minimum Gasteiger partial charge on any atom is -0.497 e. The van der Waals surface area contributed by atoms with Crippen LogP contribution in [0.2, 0.25) is 0 Å². The Morgan fingerprint density at radius 2 is 1.76 bits per heavy atom. The Balaban J connectivity index is 1.46. The quantitative estimate of drug-likeness (QED) is 0.448. The molecule has 2 heterocycles. The smallest absolute Gasteiger partial charge is 0.266 e. The number of ether oxygens (including phenoxy) is 4. The highest BCUT2D eigenvalue weighted by atomic mass is 32.1. The number of aromatic nitrogens is 1. The molecule has 1 saturated heterocycles. The van der Waals surface area contributed by atoms with Crippen LogP contribution in [0.25, 0.3) is 10.2 Å². The fourth-order valence-corrected chi connectivity index (χ4v) is 4.63. The summed E-state index contributed by atoms with van der Waals surface area (Å²) >= 11 is 1.50. The van der Waals surface area contributed by atoms with Crippen LogP contribution in [-0.2, 0) is 9.53 Å². The molecule has 3 aromatic rings. The van der Waals surface area contributed by atoms with E-state index in [9.17, 15) is 4.79 Å². The van der Waals surface area contributed by atoms with Gasteiger partial charge < -0.3 is 18.9 Å². The maximum absolute atomic E-state index is 13.2. The zero-order valence-electron chi connectivity index (χ0n) is 19.0. The molecule has 0 saturated carbocycles. The first-order chi connectivity index (χ1) is 16.2. The highest BCUT2D eigenvalue weighted by Gasteiger charge is 2.21. The average Bonchev–Trinajstić information content (AvgIpc) is 3.29. The molecular formula is C24H29N3O5S. The molecule has 1 aliphatic rings. The van der Waals surface area contributed by atoms with Gasteiger partial charge >= 0.3 is 0 Å². The normalized spacial score (nSPS) is 14.2. The lowest BCUT2D eigenvalue weighted by Crippen LogP contribution is -2.40. The Kier molecular flexibility index (Phi) is 7.98. The van der Waals surface area contributed by atoms with Crippen LogP contribution in [0.15, 0.2) is 42.5 Å². The maximum atomic E-state index is 13.2. The maximum Gasteiger partial charge on any atom is 0.266 e. The number of methoxy groups -OCH3 is 2. The van der Waals surface area contributed by atoms with Gasteiger partial charge in [0.25, 0.3) is 5.91 Å². The second-order valence-corrected chi connectivity index (χ2v) is 8.66. The number of amides is 1. The van der Waals surface area contributed by atoms with Crippen LogP contribution in [-0.4, -0.2) is 76.0 Å². The molecular weight excluding hydrogens is 442 g/mol. The zero-order valence-corrected chi connectivity index (χ0v) is 19.8. The van der Waals surface area contributed by atoms with Gasteiger partial charge in [0.05, 0.1) is 37.6 Å². The largest absolute Gasteiger partial charge is 0.497 e. The summed E-state index contributed by atoms with van der Waals surface area (Å²) in [6.45, 7) is 4.79. The molecule has 0 spiro atoms. The highest BCUT2D eigenvalue weighted by Crippen LogP contribution is 2.31. The summed E-state index contributed by atoms with van der Waals surface area (Å²) in [5, 5.41) is 0.670. The summed E-state index contributed by atoms with van der Waals surface area (Å²) in [5.41, 5.74) is 0.816. The molecule has 4 rings (SSSR count). The van der Waals surface area contributed by atoms with Crippen LogP contribution < -0.4 is 19.1 Å². The summed E-state index contributed by atoms with van der Waals surface area (Å²) in [6, 6.07) is 13.0. The van der Waals surface area contributed by atoms with E-state index in [1.165, 1.54) is 11.3 Å². The number of hydrogen-bond donors (Lipinski definition) is 0. The van der Waals surface area contributed by atoms with E-state index in [0.717, 1.165) is 61.0 Å². The number of morpholine rings is 1. The van der Waals surface area contributed by atoms with Crippen LogP contribution >= 0.6 is 11.3 Å². The molecule has 9 heteroatoms. The molecule has 0 radical (unpaired) electrons. The number of fused-ring (bicyclic) bond motifs is 1. The minimum atomic E-state index is -0.126. The monoisotopic (exact) mass is 471 g/mol. The number of carbonyl (C=O) groups is 1. The number of rotatable bonds is 10. The number of benzene rings is 2. The molecule has 0 unspecified atom stereocenters. The summed E-state index contributed by atoms with van der Waals surface area (Å²) < 4.78 is 22.7. The lowest BCUT2D eigenvalue weighted by Gasteiger charge is -2.27. The second-order valence-electron chi connectivity index (χ2n) is 7.65. The Morgan fingerprint density at radius 3 is 2.48 bits per heavy atom. The SMILES string of the molecule is COc1ccc(OCC(=O)N(CCCN2CCOCC2)c2nc3cc(OC)ccc3s2)cc1. The molecule has 176 valence electrons. The number of hydrogen-bond acceptors (Lipinski definition) is 8. The molecule has 1 fully saturated rings. The molecule has 0 atom stereocenters. The minimum absolute atomic E-state index is 0.0663. The number of anilines is 1. The van der Waals surface area contributed by atoms with Crippen molar-refractivity contribution >= 4 is 32.6 Å². The Hall–Kier alpha value is -2.88. The predicted octanol–water partition coefficient (Wildman–Crippen LogP) is 3.45. The van der Waals surface area contributed by atoms with Gasteiger partial charge in [0, 0.05) is 32.2 Å². The molecule has 8 nitrogen and oxygen atoms in total. The van der Waals surface area contributed by atoms with Gasteiger partial charge in [-0.05, 0) is 42.8 Å². The van der Waals surface area contributed by atoms with E-state index in [2.05, 4.69) is 4.90 Å². The fraction of sp³-hybridized carbons (Fsp3) is 0.417. The van der Waals surface area contributed by atoms with Crippen molar-refractivity contribution in [2.45, 2.75) is 6.42 Å². The number of thiazole rings is 1. The number of nitrogens with zero attached hydrogens (tertiary/aromatic N) is 3. The van der Waals surface area contributed by atoms with E-state index in [-0.39, 0.29) is 12.5 Å². The van der Waals surface area contributed by atoms with Gasteiger partial charge in [0.15, 0.2) is 11.7 Å². The zero-order chi connectivity index (χ0) is 23.0. The van der Waals surface area contributed by atoms with E-state index in [1.54, 1.807) is 43.4 Å². The molecule has 0 N–H and O–H groups in total. The van der Waals surface area contributed by atoms with Crippen molar-refractivity contribution in [2.75, 3.05) is 65.1 Å². The lowest BCUT2D eigenvalue weighted by molar-refractivity contribution is -0.120. The van der Waals surface area contributed by atoms with E-state index in [1.807, 2.05) is 18.2 Å². The van der Waals surface area contributed by atoms with Crippen molar-refractivity contribution in [1.82, 2.24) is 9.88 Å². The highest BCUT2D eigenvalue weighted by molar-refractivity contribution is 7.22. The first-order valence-corrected chi connectivity index (χ1v) is 11.8. The molecule has 1 amide bonds. The van der Waals surface area contributed by atoms with Gasteiger partial charge in [0.2, 0.25) is 0 Å². The van der Waals surface area contributed by atoms with Crippen LogP contribution in [0.5, 0.6) is 17.2 Å². The lowest BCUT2D eigenvalue weighted by atomic mass is 10.3. The summed E-state index contributed by atoms with van der Waals surface area (Å²) in [5.74, 6) is 1.97. The average molecular weight is 472 g/mol. The van der Waals surface area contributed by atoms with E-state index in [4.69, 9.17) is 23.9 Å². The third kappa shape index (κ3) is 6.13. The summed E-state index contributed by atoms with van der Waals surface area (Å²) in [7, 11) is 3.24. The van der Waals surface area contributed by atoms with Gasteiger partial charge in [-0.1, -0.05) is 11.3 Å². The topological polar surface area (TPSA) is 73.4 Å². The van der Waals surface area contributed by atoms with Crippen LogP contribution in [0, 0.1) is 0 Å². The first kappa shape index (κ1) is 23.3. The third-order valence-corrected chi connectivity index (χ3v) is 6.56. The van der Waals surface area contributed by atoms with Crippen molar-refractivity contribution in [3.8, 4) is 17.2 Å². The van der Waals surface area contributed by atoms with Gasteiger partial charge in [-0.3, -0.25) is 14.6 Å². The van der Waals surface area contributed by atoms with Crippen molar-refractivity contribution in [1.29, 1.82) is 0 Å². The van der Waals surface area contributed by atoms with Gasteiger partial charge in [-0.15, -0.1) is 0 Å². The van der Waals surface area contributed by atoms with Crippen molar-refractivity contribution in [3.63, 3.8) is 0 Å². The van der Waals surface area contributed by atoms with E-state index in [0.29, 0.717) is 17.4 Å². The third-order valence-electron chi connectivity index (χ3n) is 5.50. The first-order valence-electron chi connectivity index (χ1n) is 11.0. The summed E-state index contributed by atoms with van der Waals surface area (Å²) in [4.78, 5) is 22.0. The van der Waals surface area contributed by atoms with Crippen LogP contribution in [0.4, 0.5) is 5.13 Å². The van der Waals surface area contributed by atoms with Crippen LogP contribution in [0.1, 0.15) is 6.42 Å². The van der Waals surface area contributed by atoms with Crippen molar-refractivity contribution < 1.29 is 23.7 Å². The van der Waals surface area contributed by atoms with Crippen molar-refractivity contribution in [2.24, 2.45) is 0 Å². The van der Waals surface area contributed by atoms with Crippen molar-refractivity contribution in [3.05, 3.63) is 42.5 Å². The number of carbonyl (C=O) groups excluding carboxylic acids is 1. The molecule has 1 aromatic heterocycles. The molecule has 1 aliphatic heterocycles. The Labute approximate surface area is 197 Å².